The van der Waals surface area contributed by atoms with Crippen molar-refractivity contribution in [2.24, 2.45) is 0 Å². The lowest BCUT2D eigenvalue weighted by Gasteiger charge is -2.44. The number of aromatic amines is 1. The Morgan fingerprint density at radius 3 is 2.48 bits per heavy atom. The van der Waals surface area contributed by atoms with Crippen molar-refractivity contribution in [3.63, 3.8) is 0 Å². The van der Waals surface area contributed by atoms with E-state index in [2.05, 4.69) is 10.1 Å². The lowest BCUT2D eigenvalue weighted by molar-refractivity contribution is -0.227. The van der Waals surface area contributed by atoms with Gasteiger partial charge in [-0.3, -0.25) is 23.7 Å². The van der Waals surface area contributed by atoms with Crippen LogP contribution in [0.15, 0.2) is 82.5 Å². The number of rotatable bonds is 12. The number of esters is 1. The molecule has 0 radical (unpaired) electrons. The van der Waals surface area contributed by atoms with Crippen molar-refractivity contribution >= 4 is 13.7 Å². The molecule has 2 fully saturated rings. The number of nitrogens with one attached hydrogen (secondary N) is 2. The Labute approximate surface area is 240 Å². The Balaban J connectivity index is 1.32. The number of nitrogens with zero attached hydrogens (tertiary/aromatic N) is 1. The molecule has 13 nitrogen and oxygen atoms in total. The van der Waals surface area contributed by atoms with Gasteiger partial charge in [-0.15, -0.1) is 0 Å². The first-order valence-electron chi connectivity index (χ1n) is 13.5. The fourth-order valence-electron chi connectivity index (χ4n) is 4.84. The number of aliphatic hydroxyl groups excluding tert-OH is 1. The number of benzene rings is 2. The molecule has 2 aliphatic rings. The third-order valence-electron chi connectivity index (χ3n) is 7.15. The Kier molecular flexibility index (Phi) is 9.07. The summed E-state index contributed by atoms with van der Waals surface area (Å²) in [6.45, 7) is 1.61. The van der Waals surface area contributed by atoms with Crippen molar-refractivity contribution in [3.05, 3.63) is 99.3 Å². The number of carbonyl (C=O) groups excluding carboxylic acids is 1. The first-order valence-corrected chi connectivity index (χ1v) is 15.0. The molecule has 2 aliphatic heterocycles. The van der Waals surface area contributed by atoms with Crippen LogP contribution in [0.4, 0.5) is 0 Å². The van der Waals surface area contributed by atoms with Crippen molar-refractivity contribution < 1.29 is 37.7 Å². The Morgan fingerprint density at radius 1 is 1.17 bits per heavy atom. The summed E-state index contributed by atoms with van der Waals surface area (Å²) in [7, 11) is -4.28. The largest absolute Gasteiger partial charge is 0.460 e. The smallest absolute Gasteiger partial charge is 0.459 e. The third kappa shape index (κ3) is 6.41. The standard InChI is InChI=1S/C28H32N3O10P/c1-2-21(25(34)37-17-19-9-5-3-6-10-19)30-42(36,41-20-11-7-4-8-12-20)39-18-22-24(33)28(14-16-38-28)26(40-22)31-15-13-23(32)29-27(31)35/h3-13,15,21-22,24,26,33H,2,14,16-18H2,1H3,(H,30,36)(H,29,32,35)/t21-,22+,24+,26+,28+,42?/m0/s1. The first-order chi connectivity index (χ1) is 20.2. The molecular formula is C28H32N3O10P. The van der Waals surface area contributed by atoms with Crippen LogP contribution in [0, 0.1) is 0 Å². The van der Waals surface area contributed by atoms with E-state index in [0.717, 1.165) is 16.2 Å². The maximum atomic E-state index is 14.1. The molecule has 0 bridgehead atoms. The molecule has 14 heteroatoms. The van der Waals surface area contributed by atoms with E-state index < -0.39 is 61.7 Å². The second kappa shape index (κ2) is 12.7. The zero-order valence-corrected chi connectivity index (χ0v) is 23.7. The number of hydrogen-bond acceptors (Lipinski definition) is 10. The van der Waals surface area contributed by atoms with Crippen LogP contribution in [0.2, 0.25) is 0 Å². The number of ether oxygens (including phenoxy) is 3. The van der Waals surface area contributed by atoms with Crippen LogP contribution in [-0.2, 0) is 34.7 Å². The third-order valence-corrected chi connectivity index (χ3v) is 8.72. The molecular weight excluding hydrogens is 569 g/mol. The highest BCUT2D eigenvalue weighted by molar-refractivity contribution is 7.52. The van der Waals surface area contributed by atoms with E-state index in [1.54, 1.807) is 37.3 Å². The van der Waals surface area contributed by atoms with Crippen molar-refractivity contribution in [2.45, 2.75) is 56.5 Å². The summed E-state index contributed by atoms with van der Waals surface area (Å²) in [5.41, 5.74) is -1.82. The maximum absolute atomic E-state index is 14.1. The molecule has 3 N–H and O–H groups in total. The number of para-hydroxylation sites is 1. The van der Waals surface area contributed by atoms with Crippen molar-refractivity contribution in [1.29, 1.82) is 0 Å². The van der Waals surface area contributed by atoms with E-state index in [-0.39, 0.29) is 18.8 Å². The molecule has 42 heavy (non-hydrogen) atoms. The molecule has 224 valence electrons. The van der Waals surface area contributed by atoms with Gasteiger partial charge < -0.3 is 23.8 Å². The van der Waals surface area contributed by atoms with Crippen LogP contribution in [0.25, 0.3) is 0 Å². The molecule has 6 atom stereocenters. The summed E-state index contributed by atoms with van der Waals surface area (Å²) in [6, 6.07) is 17.5. The second-order valence-corrected chi connectivity index (χ2v) is 11.6. The van der Waals surface area contributed by atoms with Gasteiger partial charge in [0.05, 0.1) is 13.2 Å². The number of hydrogen-bond donors (Lipinski definition) is 3. The topological polar surface area (TPSA) is 167 Å². The summed E-state index contributed by atoms with van der Waals surface area (Å²) >= 11 is 0. The summed E-state index contributed by atoms with van der Waals surface area (Å²) in [5.74, 6) is -0.441. The van der Waals surface area contributed by atoms with Crippen molar-refractivity contribution in [1.82, 2.24) is 14.6 Å². The zero-order valence-electron chi connectivity index (χ0n) is 22.8. The van der Waals surface area contributed by atoms with Crippen LogP contribution in [0.3, 0.4) is 0 Å². The minimum absolute atomic E-state index is 0.0260. The van der Waals surface area contributed by atoms with Crippen LogP contribution in [-0.4, -0.2) is 57.7 Å². The molecule has 0 aliphatic carbocycles. The SMILES string of the molecule is CC[C@H](NP(=O)(OC[C@H]1O[C@@H](n2ccc(=O)[nH]c2=O)[C@@]2(CCO2)[C@@H]1O)Oc1ccccc1)C(=O)OCc1ccccc1. The monoisotopic (exact) mass is 601 g/mol. The van der Waals surface area contributed by atoms with Gasteiger partial charge in [0.15, 0.2) is 6.23 Å². The first kappa shape index (κ1) is 29.9. The molecule has 1 unspecified atom stereocenters. The van der Waals surface area contributed by atoms with Gasteiger partial charge in [-0.1, -0.05) is 55.5 Å². The van der Waals surface area contributed by atoms with E-state index in [0.29, 0.717) is 13.0 Å². The normalized spacial score (nSPS) is 25.3. The molecule has 1 spiro atoms. The quantitative estimate of drug-likeness (QED) is 0.206. The summed E-state index contributed by atoms with van der Waals surface area (Å²) in [4.78, 5) is 39.1. The summed E-state index contributed by atoms with van der Waals surface area (Å²) in [6.07, 6.45) is -1.65. The van der Waals surface area contributed by atoms with Crippen LogP contribution >= 0.6 is 7.75 Å². The zero-order chi connectivity index (χ0) is 29.7. The van der Waals surface area contributed by atoms with Crippen molar-refractivity contribution in [3.8, 4) is 5.75 Å². The Morgan fingerprint density at radius 2 is 1.86 bits per heavy atom. The van der Waals surface area contributed by atoms with Gasteiger partial charge in [-0.05, 0) is 24.1 Å². The van der Waals surface area contributed by atoms with E-state index in [4.69, 9.17) is 23.3 Å². The van der Waals surface area contributed by atoms with Gasteiger partial charge in [-0.25, -0.2) is 9.36 Å². The van der Waals surface area contributed by atoms with E-state index >= 15 is 0 Å². The van der Waals surface area contributed by atoms with Gasteiger partial charge in [0.25, 0.3) is 5.56 Å². The predicted octanol–water partition coefficient (Wildman–Crippen LogP) is 2.27. The van der Waals surface area contributed by atoms with Gasteiger partial charge in [0.1, 0.15) is 36.2 Å². The Bertz CT molecular complexity index is 1530. The van der Waals surface area contributed by atoms with Crippen molar-refractivity contribution in [2.75, 3.05) is 13.2 Å². The number of aliphatic hydroxyl groups is 1. The average Bonchev–Trinajstić information content (AvgIpc) is 3.27. The lowest BCUT2D eigenvalue weighted by Crippen LogP contribution is -2.57. The number of aromatic nitrogens is 2. The minimum Gasteiger partial charge on any atom is -0.460 e. The molecule has 1 aromatic heterocycles. The van der Waals surface area contributed by atoms with Gasteiger partial charge in [0.2, 0.25) is 0 Å². The molecule has 2 aromatic carbocycles. The summed E-state index contributed by atoms with van der Waals surface area (Å²) < 4.78 is 43.8. The molecule has 2 saturated heterocycles. The number of H-pyrrole nitrogens is 1. The van der Waals surface area contributed by atoms with E-state index in [9.17, 15) is 24.1 Å². The van der Waals surface area contributed by atoms with Gasteiger partial charge in [0, 0.05) is 18.7 Å². The second-order valence-electron chi connectivity index (χ2n) is 9.92. The fraction of sp³-hybridized carbons (Fsp3) is 0.393. The predicted molar refractivity (Wildman–Crippen MR) is 149 cm³/mol. The van der Waals surface area contributed by atoms with Crippen LogP contribution in [0.1, 0.15) is 31.6 Å². The highest BCUT2D eigenvalue weighted by Gasteiger charge is 2.62. The minimum atomic E-state index is -4.28. The highest BCUT2D eigenvalue weighted by atomic mass is 31.2. The lowest BCUT2D eigenvalue weighted by atomic mass is 9.86. The Hall–Kier alpha value is -3.58. The van der Waals surface area contributed by atoms with Gasteiger partial charge in [-0.2, -0.15) is 5.09 Å². The molecule has 3 heterocycles. The summed E-state index contributed by atoms with van der Waals surface area (Å²) in [5, 5.41) is 13.9. The highest BCUT2D eigenvalue weighted by Crippen LogP contribution is 2.50. The number of carbonyl (C=O) groups is 1. The van der Waals surface area contributed by atoms with Crippen LogP contribution < -0.4 is 20.9 Å². The van der Waals surface area contributed by atoms with E-state index in [1.165, 1.54) is 6.20 Å². The van der Waals surface area contributed by atoms with E-state index in [1.807, 2.05) is 30.3 Å². The molecule has 0 amide bonds. The molecule has 3 aromatic rings. The average molecular weight is 602 g/mol. The van der Waals surface area contributed by atoms with Gasteiger partial charge >= 0.3 is 19.4 Å². The maximum Gasteiger partial charge on any atom is 0.459 e. The molecule has 0 saturated carbocycles. The molecule has 5 rings (SSSR count). The van der Waals surface area contributed by atoms with Crippen LogP contribution in [0.5, 0.6) is 5.75 Å². The fourth-order valence-corrected chi connectivity index (χ4v) is 6.43.